The predicted octanol–water partition coefficient (Wildman–Crippen LogP) is 3.53. The molecule has 140 valence electrons. The second kappa shape index (κ2) is 7.56. The van der Waals surface area contributed by atoms with Crippen LogP contribution in [0, 0.1) is 0 Å². The van der Waals surface area contributed by atoms with Crippen molar-refractivity contribution in [2.45, 2.75) is 31.6 Å². The van der Waals surface area contributed by atoms with Crippen LogP contribution in [0.15, 0.2) is 58.0 Å². The highest BCUT2D eigenvalue weighted by molar-refractivity contribution is 8.05. The zero-order chi connectivity index (χ0) is 19.6. The fourth-order valence-corrected chi connectivity index (χ4v) is 3.69. The van der Waals surface area contributed by atoms with Gasteiger partial charge in [-0.15, -0.1) is 11.8 Å². The smallest absolute Gasteiger partial charge is 0.283 e. The molecule has 1 aliphatic heterocycles. The maximum atomic E-state index is 12.5. The normalized spacial score (nSPS) is 20.7. The van der Waals surface area contributed by atoms with Crippen LogP contribution in [-0.2, 0) is 9.59 Å². The topological polar surface area (TPSA) is 67.8 Å². The van der Waals surface area contributed by atoms with Gasteiger partial charge in [0.15, 0.2) is 0 Å². The van der Waals surface area contributed by atoms with Gasteiger partial charge < -0.3 is 10.1 Å². The molecule has 2 aliphatic rings. The van der Waals surface area contributed by atoms with Crippen LogP contribution in [0.2, 0.25) is 0 Å². The van der Waals surface area contributed by atoms with Crippen LogP contribution in [0.25, 0.3) is 6.08 Å². The van der Waals surface area contributed by atoms with E-state index in [9.17, 15) is 9.59 Å². The van der Waals surface area contributed by atoms with Crippen molar-refractivity contribution in [2.24, 2.45) is 4.99 Å². The van der Waals surface area contributed by atoms with Crippen LogP contribution in [0.1, 0.15) is 26.3 Å². The molecule has 6 heteroatoms. The van der Waals surface area contributed by atoms with E-state index in [1.165, 1.54) is 11.8 Å². The second-order valence-electron chi connectivity index (χ2n) is 7.33. The molecule has 0 spiro atoms. The Morgan fingerprint density at radius 2 is 2.11 bits per heavy atom. The van der Waals surface area contributed by atoms with E-state index >= 15 is 0 Å². The number of benzene rings is 1. The highest BCUT2D eigenvalue weighted by Gasteiger charge is 2.29. The van der Waals surface area contributed by atoms with Gasteiger partial charge in [0, 0.05) is 11.1 Å². The van der Waals surface area contributed by atoms with Crippen LogP contribution in [0.4, 0.5) is 0 Å². The number of methoxy groups -OCH3 is 1. The summed E-state index contributed by atoms with van der Waals surface area (Å²) in [6, 6.07) is 7.51. The number of fused-ring (bicyclic) bond motifs is 1. The van der Waals surface area contributed by atoms with Crippen molar-refractivity contribution >= 4 is 35.4 Å². The molecule has 0 fully saturated rings. The average molecular weight is 382 g/mol. The third-order valence-electron chi connectivity index (χ3n) is 3.88. The number of allylic oxidation sites excluding steroid dienone is 1. The molecule has 0 bridgehead atoms. The molecule has 0 saturated heterocycles. The molecule has 3 rings (SSSR count). The van der Waals surface area contributed by atoms with Gasteiger partial charge in [-0.3, -0.25) is 9.59 Å². The predicted molar refractivity (Wildman–Crippen MR) is 110 cm³/mol. The van der Waals surface area contributed by atoms with Crippen molar-refractivity contribution in [2.75, 3.05) is 7.11 Å². The van der Waals surface area contributed by atoms with Crippen molar-refractivity contribution in [1.82, 2.24) is 5.32 Å². The summed E-state index contributed by atoms with van der Waals surface area (Å²) >= 11 is 1.44. The first-order valence-electron chi connectivity index (χ1n) is 8.63. The van der Waals surface area contributed by atoms with Gasteiger partial charge in [-0.2, -0.15) is 0 Å². The first-order chi connectivity index (χ1) is 12.7. The molecule has 0 radical (unpaired) electrons. The van der Waals surface area contributed by atoms with Crippen molar-refractivity contribution in [3.8, 4) is 5.75 Å². The number of nitrogens with zero attached hydrogens (tertiary/aromatic N) is 1. The molecule has 1 aliphatic carbocycles. The molecule has 27 heavy (non-hydrogen) atoms. The van der Waals surface area contributed by atoms with Gasteiger partial charge >= 0.3 is 0 Å². The third kappa shape index (κ3) is 4.77. The Hall–Kier alpha value is -2.60. The van der Waals surface area contributed by atoms with E-state index in [4.69, 9.17) is 4.74 Å². The van der Waals surface area contributed by atoms with Gasteiger partial charge in [0.2, 0.25) is 0 Å². The number of nitrogens with one attached hydrogen (secondary N) is 1. The zero-order valence-corrected chi connectivity index (χ0v) is 16.6. The second-order valence-corrected chi connectivity index (χ2v) is 8.51. The molecule has 0 saturated carbocycles. The Labute approximate surface area is 163 Å². The van der Waals surface area contributed by atoms with Gasteiger partial charge in [-0.05, 0) is 50.6 Å². The van der Waals surface area contributed by atoms with E-state index in [1.54, 1.807) is 19.3 Å². The molecule has 1 N–H and O–H groups in total. The van der Waals surface area contributed by atoms with E-state index in [-0.39, 0.29) is 22.6 Å². The molecule has 5 nitrogen and oxygen atoms in total. The SMILES string of the molecule is COc1cccc(/C=C2/SC3C=CC(C(=O)NC(C)(C)C)=CC3=NC2=O)c1. The quantitative estimate of drug-likeness (QED) is 0.812. The van der Waals surface area contributed by atoms with Crippen molar-refractivity contribution in [3.05, 3.63) is 58.5 Å². The average Bonchev–Trinajstić information content (AvgIpc) is 2.60. The number of hydrogen-bond acceptors (Lipinski definition) is 4. The molecule has 1 aromatic rings. The Balaban J connectivity index is 1.83. The van der Waals surface area contributed by atoms with Gasteiger partial charge in [0.25, 0.3) is 11.8 Å². The lowest BCUT2D eigenvalue weighted by Gasteiger charge is -2.25. The first kappa shape index (κ1) is 19.2. The standard InChI is InChI=1S/C21H22N2O3S/c1-21(2,3)23-19(24)14-8-9-17-16(12-14)22-20(25)18(27-17)11-13-6-5-7-15(10-13)26-4/h5-12,17H,1-4H3,(H,23,24)/b18-11+. The number of carbonyl (C=O) groups excluding carboxylic acids is 2. The Morgan fingerprint density at radius 1 is 1.33 bits per heavy atom. The lowest BCUT2D eigenvalue weighted by molar-refractivity contribution is -0.118. The summed E-state index contributed by atoms with van der Waals surface area (Å²) in [6.45, 7) is 5.77. The molecular formula is C21H22N2O3S. The number of carbonyl (C=O) groups is 2. The lowest BCUT2D eigenvalue weighted by Crippen LogP contribution is -2.41. The number of amides is 2. The lowest BCUT2D eigenvalue weighted by atomic mass is 10.0. The summed E-state index contributed by atoms with van der Waals surface area (Å²) in [5.74, 6) is 0.267. The summed E-state index contributed by atoms with van der Waals surface area (Å²) in [5, 5.41) is 2.84. The van der Waals surface area contributed by atoms with Crippen LogP contribution in [0.5, 0.6) is 5.75 Å². The minimum absolute atomic E-state index is 0.0780. The molecule has 1 heterocycles. The molecule has 1 unspecified atom stereocenters. The minimum atomic E-state index is -0.325. The van der Waals surface area contributed by atoms with Crippen LogP contribution >= 0.6 is 11.8 Å². The number of ether oxygens (including phenoxy) is 1. The van der Waals surface area contributed by atoms with Gasteiger partial charge in [0.1, 0.15) is 5.75 Å². The van der Waals surface area contributed by atoms with Gasteiger partial charge in [-0.25, -0.2) is 4.99 Å². The van der Waals surface area contributed by atoms with Crippen LogP contribution in [-0.4, -0.2) is 35.4 Å². The molecule has 0 aromatic heterocycles. The van der Waals surface area contributed by atoms with E-state index in [0.717, 1.165) is 11.3 Å². The van der Waals surface area contributed by atoms with Gasteiger partial charge in [-0.1, -0.05) is 24.3 Å². The number of thioether (sulfide) groups is 1. The van der Waals surface area contributed by atoms with E-state index in [0.29, 0.717) is 16.2 Å². The summed E-state index contributed by atoms with van der Waals surface area (Å²) in [4.78, 5) is 29.6. The number of rotatable bonds is 3. The fourth-order valence-electron chi connectivity index (χ4n) is 2.67. The highest BCUT2D eigenvalue weighted by atomic mass is 32.2. The maximum absolute atomic E-state index is 12.5. The molecule has 2 amide bonds. The molecule has 1 atom stereocenters. The van der Waals surface area contributed by atoms with Crippen molar-refractivity contribution in [1.29, 1.82) is 0 Å². The summed E-state index contributed by atoms with van der Waals surface area (Å²) < 4.78 is 5.22. The van der Waals surface area contributed by atoms with E-state index in [1.807, 2.05) is 57.2 Å². The monoisotopic (exact) mass is 382 g/mol. The maximum Gasteiger partial charge on any atom is 0.283 e. The van der Waals surface area contributed by atoms with Crippen molar-refractivity contribution in [3.63, 3.8) is 0 Å². The number of aliphatic imine (C=N–C) groups is 1. The first-order valence-corrected chi connectivity index (χ1v) is 9.51. The Kier molecular flexibility index (Phi) is 5.37. The largest absolute Gasteiger partial charge is 0.497 e. The van der Waals surface area contributed by atoms with E-state index in [2.05, 4.69) is 10.3 Å². The summed E-state index contributed by atoms with van der Waals surface area (Å²) in [7, 11) is 1.61. The highest BCUT2D eigenvalue weighted by Crippen LogP contribution is 2.34. The Morgan fingerprint density at radius 3 is 2.81 bits per heavy atom. The minimum Gasteiger partial charge on any atom is -0.497 e. The van der Waals surface area contributed by atoms with Crippen LogP contribution in [0.3, 0.4) is 0 Å². The summed E-state index contributed by atoms with van der Waals surface area (Å²) in [5.41, 5.74) is 1.67. The third-order valence-corrected chi connectivity index (χ3v) is 5.08. The van der Waals surface area contributed by atoms with E-state index < -0.39 is 0 Å². The molecular weight excluding hydrogens is 360 g/mol. The fraction of sp³-hybridized carbons (Fsp3) is 0.286. The number of hydrogen-bond donors (Lipinski definition) is 1. The Bertz CT molecular complexity index is 904. The van der Waals surface area contributed by atoms with Gasteiger partial charge in [0.05, 0.1) is 23.0 Å². The van der Waals surface area contributed by atoms with Crippen LogP contribution < -0.4 is 10.1 Å². The summed E-state index contributed by atoms with van der Waals surface area (Å²) in [6.07, 6.45) is 7.21. The van der Waals surface area contributed by atoms with Crippen molar-refractivity contribution < 1.29 is 14.3 Å². The zero-order valence-electron chi connectivity index (χ0n) is 15.8. The molecule has 1 aromatic carbocycles.